The highest BCUT2D eigenvalue weighted by molar-refractivity contribution is 5.79. The molecule has 2 aromatic rings. The van der Waals surface area contributed by atoms with Gasteiger partial charge in [0.1, 0.15) is 12.4 Å². The number of rotatable bonds is 6. The van der Waals surface area contributed by atoms with Crippen molar-refractivity contribution in [3.8, 4) is 5.75 Å². The van der Waals surface area contributed by atoms with Gasteiger partial charge in [-0.3, -0.25) is 4.99 Å². The quantitative estimate of drug-likeness (QED) is 0.504. The third-order valence-electron chi connectivity index (χ3n) is 4.06. The zero-order valence-corrected chi connectivity index (χ0v) is 15.3. The van der Waals surface area contributed by atoms with E-state index in [9.17, 15) is 0 Å². The molecule has 0 spiro atoms. The Hall–Kier alpha value is -2.43. The molecule has 0 atom stereocenters. The maximum atomic E-state index is 5.93. The van der Waals surface area contributed by atoms with Gasteiger partial charge in [0.05, 0.1) is 13.1 Å². The molecule has 0 saturated heterocycles. The molecular weight excluding hydrogens is 300 g/mol. The molecule has 24 heavy (non-hydrogen) atoms. The lowest BCUT2D eigenvalue weighted by Crippen LogP contribution is -2.40. The molecule has 5 heteroatoms. The van der Waals surface area contributed by atoms with Gasteiger partial charge >= 0.3 is 0 Å². The minimum atomic E-state index is 0.600. The topological polar surface area (TPSA) is 41.8 Å². The molecule has 0 radical (unpaired) electrons. The molecule has 1 N–H and O–H groups in total. The van der Waals surface area contributed by atoms with Gasteiger partial charge in [-0.1, -0.05) is 18.2 Å². The predicted molar refractivity (Wildman–Crippen MR) is 99.7 cm³/mol. The molecule has 0 saturated carbocycles. The number of hydrogen-bond acceptors (Lipinski definition) is 2. The van der Waals surface area contributed by atoms with Gasteiger partial charge in [-0.05, 0) is 37.1 Å². The highest BCUT2D eigenvalue weighted by Crippen LogP contribution is 2.21. The standard InChI is InChI=1S/C19H28N4O/c1-15-8-6-9-16(2)18(15)24-13-11-21-19(20-3)23(5)14-17-10-7-12-22(17)4/h6-10,12H,11,13-14H2,1-5H3,(H,20,21). The third kappa shape index (κ3) is 4.54. The zero-order chi connectivity index (χ0) is 17.5. The van der Waals surface area contributed by atoms with E-state index in [-0.39, 0.29) is 0 Å². The number of hydrogen-bond donors (Lipinski definition) is 1. The van der Waals surface area contributed by atoms with Crippen LogP contribution in [0.4, 0.5) is 0 Å². The van der Waals surface area contributed by atoms with Gasteiger partial charge in [0.15, 0.2) is 5.96 Å². The highest BCUT2D eigenvalue weighted by atomic mass is 16.5. The van der Waals surface area contributed by atoms with E-state index in [1.807, 2.05) is 7.05 Å². The van der Waals surface area contributed by atoms with E-state index in [2.05, 4.69) is 77.2 Å². The Morgan fingerprint density at radius 1 is 1.21 bits per heavy atom. The fourth-order valence-corrected chi connectivity index (χ4v) is 2.71. The number of guanidine groups is 1. The van der Waals surface area contributed by atoms with Crippen molar-refractivity contribution in [1.82, 2.24) is 14.8 Å². The van der Waals surface area contributed by atoms with Crippen LogP contribution in [0.2, 0.25) is 0 Å². The Morgan fingerprint density at radius 2 is 1.92 bits per heavy atom. The van der Waals surface area contributed by atoms with Crippen molar-refractivity contribution in [3.63, 3.8) is 0 Å². The van der Waals surface area contributed by atoms with Crippen molar-refractivity contribution >= 4 is 5.96 Å². The molecule has 1 aromatic carbocycles. The fraction of sp³-hybridized carbons (Fsp3) is 0.421. The van der Waals surface area contributed by atoms with Crippen LogP contribution in [0.1, 0.15) is 16.8 Å². The molecular formula is C19H28N4O. The van der Waals surface area contributed by atoms with Crippen LogP contribution in [0.25, 0.3) is 0 Å². The van der Waals surface area contributed by atoms with Crippen molar-refractivity contribution in [2.45, 2.75) is 20.4 Å². The normalized spacial score (nSPS) is 11.5. The zero-order valence-electron chi connectivity index (χ0n) is 15.3. The summed E-state index contributed by atoms with van der Waals surface area (Å²) in [5.41, 5.74) is 3.58. The van der Waals surface area contributed by atoms with Gasteiger partial charge in [-0.15, -0.1) is 0 Å². The van der Waals surface area contributed by atoms with E-state index in [0.717, 1.165) is 18.3 Å². The van der Waals surface area contributed by atoms with E-state index in [1.165, 1.54) is 16.8 Å². The summed E-state index contributed by atoms with van der Waals surface area (Å²) in [4.78, 5) is 6.45. The Morgan fingerprint density at radius 3 is 2.50 bits per heavy atom. The van der Waals surface area contributed by atoms with E-state index in [4.69, 9.17) is 4.74 Å². The number of benzene rings is 1. The third-order valence-corrected chi connectivity index (χ3v) is 4.06. The van der Waals surface area contributed by atoms with Crippen molar-refractivity contribution in [3.05, 3.63) is 53.3 Å². The molecule has 1 heterocycles. The number of para-hydroxylation sites is 1. The summed E-state index contributed by atoms with van der Waals surface area (Å²) in [6.07, 6.45) is 2.05. The van der Waals surface area contributed by atoms with E-state index >= 15 is 0 Å². The molecule has 5 nitrogen and oxygen atoms in total. The number of ether oxygens (including phenoxy) is 1. The average Bonchev–Trinajstić information content (AvgIpc) is 2.94. The number of nitrogens with one attached hydrogen (secondary N) is 1. The minimum absolute atomic E-state index is 0.600. The summed E-state index contributed by atoms with van der Waals surface area (Å²) in [6, 6.07) is 10.4. The molecule has 0 aliphatic heterocycles. The first-order chi connectivity index (χ1) is 11.5. The lowest BCUT2D eigenvalue weighted by molar-refractivity contribution is 0.315. The van der Waals surface area contributed by atoms with Crippen molar-refractivity contribution in [2.75, 3.05) is 27.2 Å². The van der Waals surface area contributed by atoms with Crippen LogP contribution in [-0.4, -0.2) is 42.7 Å². The van der Waals surface area contributed by atoms with Crippen LogP contribution in [0.5, 0.6) is 5.75 Å². The first-order valence-electron chi connectivity index (χ1n) is 8.24. The smallest absolute Gasteiger partial charge is 0.193 e. The second-order valence-electron chi connectivity index (χ2n) is 6.01. The van der Waals surface area contributed by atoms with E-state index in [1.54, 1.807) is 7.05 Å². The molecule has 0 aliphatic rings. The van der Waals surface area contributed by atoms with Crippen molar-refractivity contribution in [2.24, 2.45) is 12.0 Å². The van der Waals surface area contributed by atoms with Crippen LogP contribution in [0.3, 0.4) is 0 Å². The number of aliphatic imine (C=N–C) groups is 1. The Bertz CT molecular complexity index is 670. The summed E-state index contributed by atoms with van der Waals surface area (Å²) >= 11 is 0. The predicted octanol–water partition coefficient (Wildman–Crippen LogP) is 2.73. The summed E-state index contributed by atoms with van der Waals surface area (Å²) in [5.74, 6) is 1.84. The summed E-state index contributed by atoms with van der Waals surface area (Å²) in [7, 11) is 5.89. The second-order valence-corrected chi connectivity index (χ2v) is 6.01. The van der Waals surface area contributed by atoms with E-state index in [0.29, 0.717) is 13.2 Å². The van der Waals surface area contributed by atoms with Crippen LogP contribution >= 0.6 is 0 Å². The molecule has 0 unspecified atom stereocenters. The van der Waals surface area contributed by atoms with Gasteiger partial charge in [-0.2, -0.15) is 0 Å². The van der Waals surface area contributed by atoms with Crippen LogP contribution in [-0.2, 0) is 13.6 Å². The average molecular weight is 328 g/mol. The molecule has 0 bridgehead atoms. The summed E-state index contributed by atoms with van der Waals surface area (Å²) < 4.78 is 8.05. The van der Waals surface area contributed by atoms with Gasteiger partial charge in [0.25, 0.3) is 0 Å². The summed E-state index contributed by atoms with van der Waals surface area (Å²) in [5, 5.41) is 3.35. The second kappa shape index (κ2) is 8.43. The van der Waals surface area contributed by atoms with Crippen LogP contribution < -0.4 is 10.1 Å². The Balaban J connectivity index is 1.82. The SMILES string of the molecule is CN=C(NCCOc1c(C)cccc1C)N(C)Cc1cccn1C. The Kier molecular flexibility index (Phi) is 6.29. The monoisotopic (exact) mass is 328 g/mol. The van der Waals surface area contributed by atoms with Crippen LogP contribution in [0.15, 0.2) is 41.5 Å². The number of nitrogens with zero attached hydrogens (tertiary/aromatic N) is 3. The van der Waals surface area contributed by atoms with Gasteiger partial charge < -0.3 is 19.5 Å². The number of aromatic nitrogens is 1. The first-order valence-corrected chi connectivity index (χ1v) is 8.24. The lowest BCUT2D eigenvalue weighted by Gasteiger charge is -2.22. The Labute approximate surface area is 145 Å². The van der Waals surface area contributed by atoms with E-state index < -0.39 is 0 Å². The van der Waals surface area contributed by atoms with Gasteiger partial charge in [0.2, 0.25) is 0 Å². The fourth-order valence-electron chi connectivity index (χ4n) is 2.71. The first kappa shape index (κ1) is 17.9. The maximum Gasteiger partial charge on any atom is 0.193 e. The van der Waals surface area contributed by atoms with Crippen LogP contribution in [0, 0.1) is 13.8 Å². The van der Waals surface area contributed by atoms with Crippen molar-refractivity contribution < 1.29 is 4.74 Å². The van der Waals surface area contributed by atoms with Gasteiger partial charge in [-0.25, -0.2) is 0 Å². The molecule has 130 valence electrons. The molecule has 2 rings (SSSR count). The lowest BCUT2D eigenvalue weighted by atomic mass is 10.1. The molecule has 0 amide bonds. The highest BCUT2D eigenvalue weighted by Gasteiger charge is 2.08. The minimum Gasteiger partial charge on any atom is -0.491 e. The largest absolute Gasteiger partial charge is 0.491 e. The number of aryl methyl sites for hydroxylation is 3. The summed E-state index contributed by atoms with van der Waals surface area (Å²) in [6.45, 7) is 6.26. The van der Waals surface area contributed by atoms with Gasteiger partial charge in [0, 0.05) is 33.0 Å². The molecule has 0 fully saturated rings. The maximum absolute atomic E-state index is 5.93. The van der Waals surface area contributed by atoms with Crippen molar-refractivity contribution in [1.29, 1.82) is 0 Å². The molecule has 0 aliphatic carbocycles. The molecule has 1 aromatic heterocycles.